The summed E-state index contributed by atoms with van der Waals surface area (Å²) in [5.41, 5.74) is 2.11. The number of methoxy groups -OCH3 is 2. The molecule has 0 spiro atoms. The van der Waals surface area contributed by atoms with Crippen LogP contribution >= 0.6 is 11.3 Å². The van der Waals surface area contributed by atoms with Crippen LogP contribution in [0.1, 0.15) is 22.8 Å². The molecule has 10 heteroatoms. The number of carbonyl (C=O) groups excluding carboxylic acids is 1. The number of hydrogen-bond acceptors (Lipinski definition) is 6. The van der Waals surface area contributed by atoms with Crippen molar-refractivity contribution in [1.29, 1.82) is 0 Å². The highest BCUT2D eigenvalue weighted by molar-refractivity contribution is 7.92. The number of aryl methyl sites for hydroxylation is 2. The fourth-order valence-electron chi connectivity index (χ4n) is 3.61. The lowest BCUT2D eigenvalue weighted by Gasteiger charge is -2.11. The molecule has 0 aliphatic carbocycles. The molecule has 4 aromatic rings. The average molecular weight is 512 g/mol. The molecule has 0 radical (unpaired) electrons. The van der Waals surface area contributed by atoms with Crippen LogP contribution in [0.5, 0.6) is 11.5 Å². The molecule has 0 saturated heterocycles. The number of nitrogens with one attached hydrogen (secondary N) is 1. The normalized spacial score (nSPS) is 12.1. The number of fused-ring (bicyclic) bond motifs is 1. The first-order valence-corrected chi connectivity index (χ1v) is 13.1. The zero-order valence-corrected chi connectivity index (χ0v) is 21.4. The molecule has 35 heavy (non-hydrogen) atoms. The minimum Gasteiger partial charge on any atom is -0.493 e. The number of carbonyl (C=O) groups is 1. The lowest BCUT2D eigenvalue weighted by molar-refractivity contribution is 0.0998. The van der Waals surface area contributed by atoms with E-state index in [0.717, 1.165) is 15.8 Å². The fourth-order valence-corrected chi connectivity index (χ4v) is 5.80. The monoisotopic (exact) mass is 511 g/mol. The quantitative estimate of drug-likeness (QED) is 0.391. The molecule has 3 aromatic carbocycles. The van der Waals surface area contributed by atoms with Gasteiger partial charge in [0.25, 0.3) is 15.9 Å². The zero-order valence-electron chi connectivity index (χ0n) is 19.7. The third-order valence-electron chi connectivity index (χ3n) is 5.43. The lowest BCUT2D eigenvalue weighted by atomic mass is 10.2. The Morgan fingerprint density at radius 2 is 1.69 bits per heavy atom. The second-order valence-corrected chi connectivity index (χ2v) is 10.4. The van der Waals surface area contributed by atoms with Crippen LogP contribution in [-0.2, 0) is 16.6 Å². The van der Waals surface area contributed by atoms with Gasteiger partial charge in [-0.05, 0) is 38.1 Å². The van der Waals surface area contributed by atoms with Crippen LogP contribution in [0.4, 0.5) is 5.69 Å². The summed E-state index contributed by atoms with van der Waals surface area (Å²) in [6.45, 7) is 4.40. The Balaban J connectivity index is 1.76. The molecule has 4 rings (SSSR count). The van der Waals surface area contributed by atoms with E-state index in [1.807, 2.05) is 30.5 Å². The van der Waals surface area contributed by atoms with Crippen molar-refractivity contribution in [2.24, 2.45) is 4.99 Å². The molecule has 182 valence electrons. The van der Waals surface area contributed by atoms with E-state index in [-0.39, 0.29) is 16.1 Å². The number of hydrogen-bond donors (Lipinski definition) is 1. The molecule has 0 unspecified atom stereocenters. The number of thiazole rings is 1. The van der Waals surface area contributed by atoms with Gasteiger partial charge in [-0.2, -0.15) is 4.99 Å². The smallest absolute Gasteiger partial charge is 0.281 e. The van der Waals surface area contributed by atoms with Gasteiger partial charge in [-0.25, -0.2) is 8.42 Å². The molecule has 0 fully saturated rings. The number of nitrogens with zero attached hydrogens (tertiary/aromatic N) is 2. The lowest BCUT2D eigenvalue weighted by Crippen LogP contribution is -2.18. The van der Waals surface area contributed by atoms with Crippen LogP contribution in [0.3, 0.4) is 0 Å². The van der Waals surface area contributed by atoms with Crippen molar-refractivity contribution in [3.63, 3.8) is 0 Å². The Morgan fingerprint density at radius 3 is 2.34 bits per heavy atom. The van der Waals surface area contributed by atoms with E-state index in [1.54, 1.807) is 50.6 Å². The molecular formula is C25H25N3O5S2. The summed E-state index contributed by atoms with van der Waals surface area (Å²) in [5, 5.41) is 0. The van der Waals surface area contributed by atoms with E-state index in [9.17, 15) is 13.2 Å². The first-order valence-electron chi connectivity index (χ1n) is 10.8. The molecule has 0 aliphatic heterocycles. The predicted molar refractivity (Wildman–Crippen MR) is 137 cm³/mol. The number of anilines is 1. The highest BCUT2D eigenvalue weighted by atomic mass is 32.2. The molecule has 1 aromatic heterocycles. The van der Waals surface area contributed by atoms with E-state index in [1.165, 1.54) is 23.5 Å². The van der Waals surface area contributed by atoms with E-state index >= 15 is 0 Å². The largest absolute Gasteiger partial charge is 0.493 e. The molecule has 0 bridgehead atoms. The van der Waals surface area contributed by atoms with Gasteiger partial charge in [0, 0.05) is 18.7 Å². The Labute approximate surface area is 207 Å². The van der Waals surface area contributed by atoms with Gasteiger partial charge in [-0.1, -0.05) is 41.2 Å². The van der Waals surface area contributed by atoms with Crippen molar-refractivity contribution in [3.05, 3.63) is 76.6 Å². The van der Waals surface area contributed by atoms with Gasteiger partial charge in [0.2, 0.25) is 0 Å². The molecule has 0 atom stereocenters. The maximum atomic E-state index is 13.2. The Hall–Kier alpha value is -3.63. The highest BCUT2D eigenvalue weighted by Gasteiger charge is 2.19. The van der Waals surface area contributed by atoms with E-state index < -0.39 is 15.9 Å². The number of sulfonamides is 1. The van der Waals surface area contributed by atoms with E-state index in [4.69, 9.17) is 9.47 Å². The highest BCUT2D eigenvalue weighted by Crippen LogP contribution is 2.33. The third kappa shape index (κ3) is 4.94. The average Bonchev–Trinajstić information content (AvgIpc) is 3.18. The maximum Gasteiger partial charge on any atom is 0.281 e. The van der Waals surface area contributed by atoms with Crippen molar-refractivity contribution in [2.45, 2.75) is 25.3 Å². The number of amides is 1. The summed E-state index contributed by atoms with van der Waals surface area (Å²) in [7, 11) is -0.753. The first kappa shape index (κ1) is 24.5. The van der Waals surface area contributed by atoms with Crippen molar-refractivity contribution in [3.8, 4) is 11.5 Å². The van der Waals surface area contributed by atoms with Gasteiger partial charge in [-0.3, -0.25) is 9.52 Å². The second-order valence-electron chi connectivity index (χ2n) is 7.68. The molecule has 1 N–H and O–H groups in total. The third-order valence-corrected chi connectivity index (χ3v) is 7.86. The number of para-hydroxylation sites is 1. The molecule has 8 nitrogen and oxygen atoms in total. The summed E-state index contributed by atoms with van der Waals surface area (Å²) in [6, 6.07) is 16.6. The fraction of sp³-hybridized carbons (Fsp3) is 0.200. The number of benzene rings is 3. The topological polar surface area (TPSA) is 99.0 Å². The summed E-state index contributed by atoms with van der Waals surface area (Å²) < 4.78 is 41.9. The van der Waals surface area contributed by atoms with Gasteiger partial charge < -0.3 is 14.0 Å². The maximum absolute atomic E-state index is 13.2. The number of ether oxygens (including phenoxy) is 2. The minimum atomic E-state index is -3.88. The van der Waals surface area contributed by atoms with Crippen LogP contribution < -0.4 is 19.0 Å². The van der Waals surface area contributed by atoms with Gasteiger partial charge in [-0.15, -0.1) is 0 Å². The molecule has 0 saturated carbocycles. The zero-order chi connectivity index (χ0) is 25.2. The van der Waals surface area contributed by atoms with Crippen LogP contribution in [0.15, 0.2) is 70.6 Å². The summed E-state index contributed by atoms with van der Waals surface area (Å²) in [5.74, 6) is 0.604. The standard InChI is InChI=1S/C25H25N3O5S2/c1-5-28-20-14-21(32-3)22(33-4)15-23(20)34-25(28)26-24(29)18-8-6-7-9-19(18)27-35(30,31)17-12-10-16(2)11-13-17/h6-15,27H,5H2,1-4H3. The van der Waals surface area contributed by atoms with Crippen LogP contribution in [0, 0.1) is 6.92 Å². The summed E-state index contributed by atoms with van der Waals surface area (Å²) in [4.78, 5) is 18.2. The Morgan fingerprint density at radius 1 is 1.03 bits per heavy atom. The predicted octanol–water partition coefficient (Wildman–Crippen LogP) is 4.59. The van der Waals surface area contributed by atoms with E-state index in [0.29, 0.717) is 22.8 Å². The SMILES string of the molecule is CCn1c(=NC(=O)c2ccccc2NS(=O)(=O)c2ccc(C)cc2)sc2cc(OC)c(OC)cc21. The van der Waals surface area contributed by atoms with Crippen molar-refractivity contribution < 1.29 is 22.7 Å². The van der Waals surface area contributed by atoms with Gasteiger partial charge in [0.1, 0.15) is 0 Å². The number of rotatable bonds is 7. The van der Waals surface area contributed by atoms with Crippen molar-refractivity contribution in [1.82, 2.24) is 4.57 Å². The molecular weight excluding hydrogens is 486 g/mol. The van der Waals surface area contributed by atoms with E-state index in [2.05, 4.69) is 9.71 Å². The molecule has 1 amide bonds. The molecule has 1 heterocycles. The van der Waals surface area contributed by atoms with Gasteiger partial charge >= 0.3 is 0 Å². The van der Waals surface area contributed by atoms with Gasteiger partial charge in [0.15, 0.2) is 16.3 Å². The number of aromatic nitrogens is 1. The second kappa shape index (κ2) is 9.93. The Bertz CT molecular complexity index is 1570. The summed E-state index contributed by atoms with van der Waals surface area (Å²) in [6.07, 6.45) is 0. The van der Waals surface area contributed by atoms with Crippen LogP contribution in [-0.4, -0.2) is 33.1 Å². The van der Waals surface area contributed by atoms with Gasteiger partial charge in [0.05, 0.1) is 40.6 Å². The first-order chi connectivity index (χ1) is 16.8. The van der Waals surface area contributed by atoms with Crippen molar-refractivity contribution >= 4 is 43.2 Å². The molecule has 0 aliphatic rings. The Kier molecular flexibility index (Phi) is 6.95. The summed E-state index contributed by atoms with van der Waals surface area (Å²) >= 11 is 1.34. The van der Waals surface area contributed by atoms with Crippen LogP contribution in [0.2, 0.25) is 0 Å². The van der Waals surface area contributed by atoms with Crippen LogP contribution in [0.25, 0.3) is 10.2 Å². The van der Waals surface area contributed by atoms with Crippen molar-refractivity contribution in [2.75, 3.05) is 18.9 Å². The minimum absolute atomic E-state index is 0.110.